The number of nitriles is 1. The minimum Gasteiger partial charge on any atom is -0.497 e. The molecule has 1 saturated heterocycles. The first-order valence-electron chi connectivity index (χ1n) is 20.2. The van der Waals surface area contributed by atoms with Gasteiger partial charge in [-0.1, -0.05) is 54.6 Å². The number of aromatic nitrogens is 2. The van der Waals surface area contributed by atoms with E-state index in [1.807, 2.05) is 87.0 Å². The summed E-state index contributed by atoms with van der Waals surface area (Å²) in [4.78, 5) is 40.2. The van der Waals surface area contributed by atoms with Crippen molar-refractivity contribution in [3.05, 3.63) is 128 Å². The maximum Gasteiger partial charge on any atom is 0.471 e. The van der Waals surface area contributed by atoms with E-state index in [-0.39, 0.29) is 37.3 Å². The Hall–Kier alpha value is -5.12. The van der Waals surface area contributed by atoms with Crippen molar-refractivity contribution < 1.29 is 50.7 Å². The molecular formula is C44H53F3N5O10P. The SMILES string of the molecule is COc1ccc(C(OC[C@H]2O[C@@H](n3cc(C)c(=O)[nH]c3=O)[C@H](OCCNC(=O)C(F)(F)F)[C@@H]2OP(OCCC#N)N(C(C)C)C(C)C)(c2ccccc2)c2ccc(OC)cc2)cc1. The Balaban J connectivity index is 1.69. The number of H-pyrrole nitrogens is 1. The van der Waals surface area contributed by atoms with Gasteiger partial charge in [-0.3, -0.25) is 19.1 Å². The van der Waals surface area contributed by atoms with Crippen LogP contribution in [0.4, 0.5) is 13.2 Å². The highest BCUT2D eigenvalue weighted by molar-refractivity contribution is 7.44. The number of rotatable bonds is 21. The van der Waals surface area contributed by atoms with Gasteiger partial charge in [0, 0.05) is 30.4 Å². The molecule has 1 aliphatic heterocycles. The summed E-state index contributed by atoms with van der Waals surface area (Å²) < 4.78 is 87.0. The van der Waals surface area contributed by atoms with Gasteiger partial charge < -0.3 is 38.0 Å². The molecule has 19 heteroatoms. The van der Waals surface area contributed by atoms with E-state index >= 15 is 0 Å². The van der Waals surface area contributed by atoms with Crippen molar-refractivity contribution >= 4 is 14.4 Å². The van der Waals surface area contributed by atoms with Gasteiger partial charge in [0.15, 0.2) is 6.23 Å². The fraction of sp³-hybridized carbons (Fsp3) is 0.455. The van der Waals surface area contributed by atoms with Crippen molar-refractivity contribution in [1.82, 2.24) is 19.5 Å². The number of alkyl halides is 3. The van der Waals surface area contributed by atoms with Crippen molar-refractivity contribution in [3.8, 4) is 17.6 Å². The summed E-state index contributed by atoms with van der Waals surface area (Å²) in [5, 5.41) is 11.2. The average Bonchev–Trinajstić information content (AvgIpc) is 3.59. The number of benzene rings is 3. The predicted molar refractivity (Wildman–Crippen MR) is 227 cm³/mol. The Labute approximate surface area is 364 Å². The molecule has 340 valence electrons. The Bertz CT molecular complexity index is 2200. The highest BCUT2D eigenvalue weighted by atomic mass is 31.2. The van der Waals surface area contributed by atoms with Crippen LogP contribution in [0.2, 0.25) is 0 Å². The second kappa shape index (κ2) is 22.0. The van der Waals surface area contributed by atoms with E-state index in [1.54, 1.807) is 43.8 Å². The van der Waals surface area contributed by atoms with Crippen LogP contribution < -0.4 is 26.0 Å². The maximum absolute atomic E-state index is 13.6. The number of nitrogens with zero attached hydrogens (tertiary/aromatic N) is 3. The van der Waals surface area contributed by atoms with E-state index in [4.69, 9.17) is 32.7 Å². The predicted octanol–water partition coefficient (Wildman–Crippen LogP) is 6.49. The summed E-state index contributed by atoms with van der Waals surface area (Å²) in [6.07, 6.45) is -8.77. The summed E-state index contributed by atoms with van der Waals surface area (Å²) in [5.74, 6) is -0.961. The summed E-state index contributed by atoms with van der Waals surface area (Å²) in [5.41, 5.74) is -0.586. The lowest BCUT2D eigenvalue weighted by Crippen LogP contribution is -2.45. The molecule has 1 aliphatic rings. The van der Waals surface area contributed by atoms with Crippen LogP contribution in [0.3, 0.4) is 0 Å². The van der Waals surface area contributed by atoms with E-state index in [0.717, 1.165) is 10.1 Å². The van der Waals surface area contributed by atoms with E-state index in [0.29, 0.717) is 22.6 Å². The van der Waals surface area contributed by atoms with Crippen LogP contribution in [-0.2, 0) is 33.7 Å². The maximum atomic E-state index is 13.6. The number of methoxy groups -OCH3 is 2. The number of nitrogens with one attached hydrogen (secondary N) is 2. The smallest absolute Gasteiger partial charge is 0.471 e. The molecule has 5 atom stereocenters. The van der Waals surface area contributed by atoms with E-state index in [9.17, 15) is 32.8 Å². The highest BCUT2D eigenvalue weighted by Crippen LogP contribution is 2.51. The molecule has 0 radical (unpaired) electrons. The first kappa shape index (κ1) is 48.9. The van der Waals surface area contributed by atoms with Gasteiger partial charge in [0.1, 0.15) is 35.4 Å². The fourth-order valence-corrected chi connectivity index (χ4v) is 9.05. The van der Waals surface area contributed by atoms with Crippen LogP contribution in [0.5, 0.6) is 11.5 Å². The largest absolute Gasteiger partial charge is 0.497 e. The van der Waals surface area contributed by atoms with Crippen molar-refractivity contribution in [3.63, 3.8) is 0 Å². The Morgan fingerprint density at radius 3 is 2.00 bits per heavy atom. The third-order valence-electron chi connectivity index (χ3n) is 10.2. The zero-order valence-electron chi connectivity index (χ0n) is 36.1. The number of amides is 1. The number of ether oxygens (including phenoxy) is 5. The standard InChI is InChI=1S/C44H53F3N5O10P/c1-28(2)52(29(3)4)63(60-24-11-22-48)62-37-36(61-40(51-26-30(5)39(53)50-42(51)55)38(37)58-25-23-49-41(54)44(45,46)47)27-59-43(31-12-9-8-10-13-31,32-14-18-34(56-6)19-15-32)33-16-20-35(57-7)21-17-33/h8-10,12-21,26,28-29,36-38,40H,11,23-25,27H2,1-7H3,(H,49,54)(H,50,53,55)/t36-,37-,38-,40-,63?/m1/s1. The first-order chi connectivity index (χ1) is 30.0. The monoisotopic (exact) mass is 899 g/mol. The Morgan fingerprint density at radius 2 is 1.48 bits per heavy atom. The van der Waals surface area contributed by atoms with Crippen LogP contribution in [0.25, 0.3) is 0 Å². The third kappa shape index (κ3) is 11.7. The minimum absolute atomic E-state index is 0.00402. The van der Waals surface area contributed by atoms with Gasteiger partial charge in [-0.25, -0.2) is 9.46 Å². The fourth-order valence-electron chi connectivity index (χ4n) is 7.29. The molecule has 1 amide bonds. The van der Waals surface area contributed by atoms with Gasteiger partial charge in [-0.15, -0.1) is 0 Å². The molecular weight excluding hydrogens is 846 g/mol. The molecule has 2 heterocycles. The second-order valence-corrected chi connectivity index (χ2v) is 16.5. The van der Waals surface area contributed by atoms with Crippen LogP contribution in [-0.4, -0.2) is 97.3 Å². The van der Waals surface area contributed by atoms with E-state index in [1.165, 1.54) is 13.1 Å². The van der Waals surface area contributed by atoms with Gasteiger partial charge in [0.25, 0.3) is 14.1 Å². The Morgan fingerprint density at radius 1 is 0.905 bits per heavy atom. The molecule has 0 aliphatic carbocycles. The molecule has 1 aromatic heterocycles. The second-order valence-electron chi connectivity index (χ2n) is 15.1. The molecule has 5 rings (SSSR count). The van der Waals surface area contributed by atoms with Gasteiger partial charge in [0.05, 0.1) is 46.5 Å². The van der Waals surface area contributed by atoms with Crippen molar-refractivity contribution in [2.75, 3.05) is 40.6 Å². The quantitative estimate of drug-likeness (QED) is 0.0529. The van der Waals surface area contributed by atoms with Crippen molar-refractivity contribution in [2.45, 2.75) is 89.4 Å². The van der Waals surface area contributed by atoms with Gasteiger partial charge in [-0.2, -0.15) is 18.4 Å². The van der Waals surface area contributed by atoms with Crippen LogP contribution >= 0.6 is 8.53 Å². The third-order valence-corrected chi connectivity index (χ3v) is 12.3. The average molecular weight is 900 g/mol. The number of hydrogen-bond acceptors (Lipinski definition) is 12. The number of carbonyl (C=O) groups is 1. The lowest BCUT2D eigenvalue weighted by molar-refractivity contribution is -0.174. The lowest BCUT2D eigenvalue weighted by atomic mass is 9.80. The van der Waals surface area contributed by atoms with E-state index in [2.05, 4.69) is 11.1 Å². The summed E-state index contributed by atoms with van der Waals surface area (Å²) in [6, 6.07) is 25.9. The number of halogens is 3. The molecule has 0 bridgehead atoms. The van der Waals surface area contributed by atoms with E-state index < -0.39 is 75.2 Å². The summed E-state index contributed by atoms with van der Waals surface area (Å²) in [6.45, 7) is 7.95. The van der Waals surface area contributed by atoms with Crippen LogP contribution in [0, 0.1) is 18.3 Å². The molecule has 0 saturated carbocycles. The van der Waals surface area contributed by atoms with Crippen molar-refractivity contribution in [1.29, 1.82) is 5.26 Å². The number of hydrogen-bond donors (Lipinski definition) is 2. The normalized spacial score (nSPS) is 18.4. The molecule has 0 spiro atoms. The molecule has 1 fully saturated rings. The molecule has 1 unspecified atom stereocenters. The van der Waals surface area contributed by atoms with Crippen LogP contribution in [0.1, 0.15) is 62.6 Å². The van der Waals surface area contributed by atoms with Crippen LogP contribution in [0.15, 0.2) is 94.6 Å². The highest BCUT2D eigenvalue weighted by Gasteiger charge is 2.52. The number of aryl methyl sites for hydroxylation is 1. The minimum atomic E-state index is -5.14. The van der Waals surface area contributed by atoms with Gasteiger partial charge in [-0.05, 0) is 75.6 Å². The van der Waals surface area contributed by atoms with Gasteiger partial charge in [0.2, 0.25) is 0 Å². The van der Waals surface area contributed by atoms with Gasteiger partial charge >= 0.3 is 17.8 Å². The number of aromatic amines is 1. The molecule has 3 aromatic carbocycles. The summed E-state index contributed by atoms with van der Waals surface area (Å²) >= 11 is 0. The summed E-state index contributed by atoms with van der Waals surface area (Å²) in [7, 11) is 1.08. The topological polar surface area (TPSA) is 176 Å². The zero-order chi connectivity index (χ0) is 45.9. The van der Waals surface area contributed by atoms with Crippen molar-refractivity contribution in [2.24, 2.45) is 0 Å². The molecule has 4 aromatic rings. The zero-order valence-corrected chi connectivity index (χ0v) is 37.0. The molecule has 63 heavy (non-hydrogen) atoms. The first-order valence-corrected chi connectivity index (χ1v) is 21.4. The molecule has 2 N–H and O–H groups in total. The number of carbonyl (C=O) groups excluding carboxylic acids is 1. The molecule has 15 nitrogen and oxygen atoms in total. The Kier molecular flexibility index (Phi) is 17.1. The lowest BCUT2D eigenvalue weighted by Gasteiger charge is -2.39.